The number of fused-ring (bicyclic) bond motifs is 3. The summed E-state index contributed by atoms with van der Waals surface area (Å²) in [4.78, 5) is 16.8. The van der Waals surface area contributed by atoms with Gasteiger partial charge < -0.3 is 10.6 Å². The maximum absolute atomic E-state index is 12.0. The predicted octanol–water partition coefficient (Wildman–Crippen LogP) is 3.56. The maximum Gasteiger partial charge on any atom is 0.321 e. The first kappa shape index (κ1) is 15.5. The van der Waals surface area contributed by atoms with Gasteiger partial charge >= 0.3 is 6.03 Å². The molecule has 6 heteroatoms. The van der Waals surface area contributed by atoms with Crippen molar-refractivity contribution in [3.63, 3.8) is 0 Å². The molecular weight excluding hydrogens is 338 g/mol. The third kappa shape index (κ3) is 1.99. The van der Waals surface area contributed by atoms with Crippen molar-refractivity contribution in [2.75, 3.05) is 11.4 Å². The van der Waals surface area contributed by atoms with Crippen LogP contribution in [0.5, 0.6) is 0 Å². The summed E-state index contributed by atoms with van der Waals surface area (Å²) < 4.78 is 0. The van der Waals surface area contributed by atoms with Crippen LogP contribution in [0.4, 0.5) is 10.5 Å². The number of nitrogens with zero attached hydrogens (tertiary/aromatic N) is 2. The molecule has 2 atom stereocenters. The first-order valence-corrected chi connectivity index (χ1v) is 9.07. The van der Waals surface area contributed by atoms with Gasteiger partial charge in [-0.15, -0.1) is 11.8 Å². The Balaban J connectivity index is 1.98. The number of para-hydroxylation sites is 1. The van der Waals surface area contributed by atoms with Gasteiger partial charge in [-0.2, -0.15) is 0 Å². The lowest BCUT2D eigenvalue weighted by Crippen LogP contribution is -2.53. The van der Waals surface area contributed by atoms with Crippen LogP contribution in [0.15, 0.2) is 59.5 Å². The Morgan fingerprint density at radius 2 is 1.88 bits per heavy atom. The standard InChI is InChI=1S/C18H17N3OS2/c1-12-18(13-7-3-2-4-8-13)11-20(16(19)22)17(23)21(18)14-9-5-6-10-15(14)24-12/h2-10,12H,11H2,1H3,(H2,19,22). The molecule has 2 amide bonds. The van der Waals surface area contributed by atoms with E-state index in [0.717, 1.165) is 11.3 Å². The van der Waals surface area contributed by atoms with Crippen molar-refractivity contribution in [3.05, 3.63) is 60.2 Å². The van der Waals surface area contributed by atoms with Crippen LogP contribution >= 0.6 is 24.0 Å². The number of urea groups is 1. The molecule has 4 nitrogen and oxygen atoms in total. The minimum atomic E-state index is -0.501. The molecule has 0 saturated carbocycles. The van der Waals surface area contributed by atoms with Crippen LogP contribution in [0, 0.1) is 0 Å². The van der Waals surface area contributed by atoms with E-state index < -0.39 is 11.6 Å². The number of nitrogens with two attached hydrogens (primary N) is 1. The maximum atomic E-state index is 12.0. The summed E-state index contributed by atoms with van der Waals surface area (Å²) in [6.45, 7) is 2.65. The molecule has 2 heterocycles. The lowest BCUT2D eigenvalue weighted by molar-refractivity contribution is 0.228. The Labute approximate surface area is 150 Å². The molecule has 1 saturated heterocycles. The highest BCUT2D eigenvalue weighted by Gasteiger charge is 2.56. The number of hydrogen-bond donors (Lipinski definition) is 1. The number of benzene rings is 2. The van der Waals surface area contributed by atoms with E-state index in [1.165, 1.54) is 9.80 Å². The number of hydrogen-bond acceptors (Lipinski definition) is 3. The zero-order valence-corrected chi connectivity index (χ0v) is 14.8. The van der Waals surface area contributed by atoms with Gasteiger partial charge in [0.15, 0.2) is 5.11 Å². The fraction of sp³-hybridized carbons (Fsp3) is 0.222. The Morgan fingerprint density at radius 1 is 1.21 bits per heavy atom. The van der Waals surface area contributed by atoms with Crippen LogP contribution in [0.2, 0.25) is 0 Å². The minimum absolute atomic E-state index is 0.206. The molecule has 2 aromatic carbocycles. The minimum Gasteiger partial charge on any atom is -0.351 e. The van der Waals surface area contributed by atoms with Crippen molar-refractivity contribution in [2.24, 2.45) is 5.73 Å². The normalized spacial score (nSPS) is 25.4. The summed E-state index contributed by atoms with van der Waals surface area (Å²) >= 11 is 7.47. The topological polar surface area (TPSA) is 49.6 Å². The highest BCUT2D eigenvalue weighted by Crippen LogP contribution is 2.54. The van der Waals surface area contributed by atoms with Gasteiger partial charge in [0.1, 0.15) is 5.54 Å². The molecule has 2 aliphatic rings. The van der Waals surface area contributed by atoms with Crippen molar-refractivity contribution in [3.8, 4) is 0 Å². The van der Waals surface area contributed by atoms with E-state index in [1.54, 1.807) is 0 Å². The van der Waals surface area contributed by atoms with Crippen LogP contribution in [0.3, 0.4) is 0 Å². The molecule has 2 aliphatic heterocycles. The fourth-order valence-electron chi connectivity index (χ4n) is 3.68. The zero-order valence-electron chi connectivity index (χ0n) is 13.2. The summed E-state index contributed by atoms with van der Waals surface area (Å²) in [5.41, 5.74) is 7.38. The summed E-state index contributed by atoms with van der Waals surface area (Å²) in [6.07, 6.45) is 0. The molecule has 0 spiro atoms. The molecule has 4 rings (SSSR count). The zero-order chi connectivity index (χ0) is 16.9. The third-order valence-electron chi connectivity index (χ3n) is 4.84. The molecule has 2 N–H and O–H groups in total. The van der Waals surface area contributed by atoms with Gasteiger partial charge in [0.2, 0.25) is 0 Å². The molecule has 2 unspecified atom stereocenters. The Morgan fingerprint density at radius 3 is 2.58 bits per heavy atom. The van der Waals surface area contributed by atoms with Crippen molar-refractivity contribution in [1.29, 1.82) is 0 Å². The average molecular weight is 355 g/mol. The van der Waals surface area contributed by atoms with Crippen molar-refractivity contribution in [2.45, 2.75) is 22.6 Å². The number of amides is 2. The van der Waals surface area contributed by atoms with Gasteiger partial charge in [0.05, 0.1) is 12.2 Å². The second-order valence-corrected chi connectivity index (χ2v) is 7.81. The number of thiocarbonyl (C=S) groups is 1. The molecular formula is C18H17N3OS2. The monoisotopic (exact) mass is 355 g/mol. The largest absolute Gasteiger partial charge is 0.351 e. The van der Waals surface area contributed by atoms with Crippen LogP contribution in [0.25, 0.3) is 0 Å². The summed E-state index contributed by atoms with van der Waals surface area (Å²) in [5.74, 6) is 0. The number of thioether (sulfide) groups is 1. The highest BCUT2D eigenvalue weighted by atomic mass is 32.2. The van der Waals surface area contributed by atoms with E-state index in [1.807, 2.05) is 42.1 Å². The summed E-state index contributed by atoms with van der Waals surface area (Å²) in [7, 11) is 0. The Bertz CT molecular complexity index is 826. The van der Waals surface area contributed by atoms with E-state index >= 15 is 0 Å². The molecule has 0 radical (unpaired) electrons. The highest BCUT2D eigenvalue weighted by molar-refractivity contribution is 8.00. The van der Waals surface area contributed by atoms with Gasteiger partial charge in [0.25, 0.3) is 0 Å². The molecule has 24 heavy (non-hydrogen) atoms. The number of primary amides is 1. The van der Waals surface area contributed by atoms with E-state index in [4.69, 9.17) is 18.0 Å². The van der Waals surface area contributed by atoms with Gasteiger partial charge in [-0.05, 0) is 29.9 Å². The Kier molecular flexibility index (Phi) is 3.54. The number of rotatable bonds is 1. The molecule has 0 aliphatic carbocycles. The number of anilines is 1. The van der Waals surface area contributed by atoms with Crippen LogP contribution in [-0.2, 0) is 5.54 Å². The van der Waals surface area contributed by atoms with Crippen molar-refractivity contribution < 1.29 is 4.79 Å². The first-order valence-electron chi connectivity index (χ1n) is 7.78. The lowest BCUT2D eigenvalue weighted by atomic mass is 9.85. The number of carbonyl (C=O) groups excluding carboxylic acids is 1. The number of carbonyl (C=O) groups is 1. The molecule has 1 fully saturated rings. The summed E-state index contributed by atoms with van der Waals surface area (Å²) in [5, 5.41) is 0.683. The van der Waals surface area contributed by atoms with Gasteiger partial charge in [-0.1, -0.05) is 49.4 Å². The molecule has 2 aromatic rings. The van der Waals surface area contributed by atoms with Gasteiger partial charge in [-0.25, -0.2) is 4.79 Å². The van der Waals surface area contributed by atoms with E-state index in [0.29, 0.717) is 11.7 Å². The smallest absolute Gasteiger partial charge is 0.321 e. The second-order valence-electron chi connectivity index (χ2n) is 6.06. The summed E-state index contributed by atoms with van der Waals surface area (Å²) in [6, 6.07) is 17.9. The van der Waals surface area contributed by atoms with Crippen molar-refractivity contribution >= 4 is 40.8 Å². The Hall–Kier alpha value is -2.05. The second kappa shape index (κ2) is 5.50. The van der Waals surface area contributed by atoms with Crippen molar-refractivity contribution in [1.82, 2.24) is 4.90 Å². The third-order valence-corrected chi connectivity index (χ3v) is 6.59. The fourth-order valence-corrected chi connectivity index (χ4v) is 5.43. The van der Waals surface area contributed by atoms with E-state index in [2.05, 4.69) is 36.1 Å². The quantitative estimate of drug-likeness (QED) is 0.795. The SMILES string of the molecule is CC1Sc2ccccc2N2C(=S)N(C(N)=O)CC12c1ccccc1. The molecule has 122 valence electrons. The van der Waals surface area contributed by atoms with Crippen LogP contribution in [0.1, 0.15) is 12.5 Å². The van der Waals surface area contributed by atoms with Crippen LogP contribution in [-0.4, -0.2) is 27.8 Å². The predicted molar refractivity (Wildman–Crippen MR) is 101 cm³/mol. The molecule has 0 bridgehead atoms. The molecule has 0 aromatic heterocycles. The van der Waals surface area contributed by atoms with E-state index in [9.17, 15) is 4.79 Å². The van der Waals surface area contributed by atoms with Gasteiger partial charge in [0, 0.05) is 10.1 Å². The van der Waals surface area contributed by atoms with Gasteiger partial charge in [-0.3, -0.25) is 4.90 Å². The lowest BCUT2D eigenvalue weighted by Gasteiger charge is -2.46. The van der Waals surface area contributed by atoms with Crippen LogP contribution < -0.4 is 10.6 Å². The average Bonchev–Trinajstić information content (AvgIpc) is 2.92. The van der Waals surface area contributed by atoms with E-state index in [-0.39, 0.29) is 5.25 Å². The first-order chi connectivity index (χ1) is 11.6.